The van der Waals surface area contributed by atoms with Crippen molar-refractivity contribution >= 4 is 5.97 Å². The summed E-state index contributed by atoms with van der Waals surface area (Å²) >= 11 is 0. The van der Waals surface area contributed by atoms with Crippen LogP contribution < -0.4 is 9.47 Å². The van der Waals surface area contributed by atoms with Gasteiger partial charge in [-0.15, -0.1) is 6.58 Å². The lowest BCUT2D eigenvalue weighted by Gasteiger charge is -2.09. The average Bonchev–Trinajstić information content (AvgIpc) is 3.02. The maximum atomic E-state index is 12.6. The highest BCUT2D eigenvalue weighted by Crippen LogP contribution is 2.22. The third-order valence-corrected chi connectivity index (χ3v) is 7.85. The fourth-order valence-corrected chi connectivity index (χ4v) is 4.87. The average molecular weight is 571 g/mol. The molecule has 0 aliphatic carbocycles. The Hall–Kier alpha value is -3.47. The lowest BCUT2D eigenvalue weighted by Crippen LogP contribution is -2.09. The summed E-state index contributed by atoms with van der Waals surface area (Å²) < 4.78 is 11.4. The number of unbranched alkanes of at least 4 members (excludes halogenated alkanes) is 9. The summed E-state index contributed by atoms with van der Waals surface area (Å²) in [6.07, 6.45) is 22.3. The monoisotopic (exact) mass is 570 g/mol. The van der Waals surface area contributed by atoms with Gasteiger partial charge in [-0.25, -0.2) is 14.8 Å². The summed E-state index contributed by atoms with van der Waals surface area (Å²) in [5.74, 6) is 1.43. The Morgan fingerprint density at radius 1 is 0.833 bits per heavy atom. The maximum Gasteiger partial charge on any atom is 0.344 e. The van der Waals surface area contributed by atoms with Crippen molar-refractivity contribution in [2.75, 3.05) is 6.61 Å². The quantitative estimate of drug-likeness (QED) is 0.0724. The van der Waals surface area contributed by atoms with Crippen LogP contribution in [-0.2, 0) is 6.42 Å². The predicted octanol–water partition coefficient (Wildman–Crippen LogP) is 10.2. The second-order valence-corrected chi connectivity index (χ2v) is 11.4. The third-order valence-electron chi connectivity index (χ3n) is 7.85. The number of nitrogens with zero attached hydrogens (tertiary/aromatic N) is 2. The maximum absolute atomic E-state index is 12.6. The smallest absolute Gasteiger partial charge is 0.344 e. The largest absolute Gasteiger partial charge is 0.494 e. The predicted molar refractivity (Wildman–Crippen MR) is 173 cm³/mol. The molecule has 0 aliphatic heterocycles. The molecule has 42 heavy (non-hydrogen) atoms. The number of ether oxygens (including phenoxy) is 2. The van der Waals surface area contributed by atoms with Crippen molar-refractivity contribution in [2.24, 2.45) is 5.92 Å². The molecule has 0 spiro atoms. The molecule has 0 fully saturated rings. The molecule has 3 aromatic rings. The highest BCUT2D eigenvalue weighted by atomic mass is 16.5. The Morgan fingerprint density at radius 3 is 2.19 bits per heavy atom. The Labute approximate surface area is 253 Å². The zero-order valence-electron chi connectivity index (χ0n) is 25.9. The number of rotatable bonds is 21. The molecular formula is C37H50N2O3. The van der Waals surface area contributed by atoms with Crippen LogP contribution in [0.1, 0.15) is 113 Å². The summed E-state index contributed by atoms with van der Waals surface area (Å²) in [7, 11) is 0. The van der Waals surface area contributed by atoms with Crippen molar-refractivity contribution in [1.82, 2.24) is 9.97 Å². The Bertz CT molecular complexity index is 1160. The molecule has 0 saturated carbocycles. The molecule has 5 nitrogen and oxygen atoms in total. The van der Waals surface area contributed by atoms with E-state index in [9.17, 15) is 4.79 Å². The standard InChI is InChI=1S/C37H50N2O3/c1-4-6-7-8-9-10-11-12-15-18-31-19-21-33(22-20-31)37(40)42-36-29-38-35(28-39-36)32-23-25-34(26-24-32)41-27-16-13-14-17-30(3)5-2/h4,19-26,28-30H,1,5-18,27H2,2-3H3/t30-/m0/s1. The number of aryl methyl sites for hydroxylation is 1. The first-order chi connectivity index (χ1) is 20.6. The second kappa shape index (κ2) is 19.6. The van der Waals surface area contributed by atoms with Crippen molar-refractivity contribution in [2.45, 2.75) is 104 Å². The van der Waals surface area contributed by atoms with Gasteiger partial charge in [-0.2, -0.15) is 0 Å². The number of esters is 1. The van der Waals surface area contributed by atoms with Crippen molar-refractivity contribution in [3.8, 4) is 22.9 Å². The summed E-state index contributed by atoms with van der Waals surface area (Å²) in [6, 6.07) is 15.6. The van der Waals surface area contributed by atoms with Gasteiger partial charge < -0.3 is 9.47 Å². The number of hydrogen-bond acceptors (Lipinski definition) is 5. The van der Waals surface area contributed by atoms with E-state index in [1.54, 1.807) is 6.20 Å². The van der Waals surface area contributed by atoms with Gasteiger partial charge in [0.2, 0.25) is 5.88 Å². The number of carbonyl (C=O) groups excluding carboxylic acids is 1. The van der Waals surface area contributed by atoms with Crippen LogP contribution in [0.25, 0.3) is 11.3 Å². The molecule has 226 valence electrons. The van der Waals surface area contributed by atoms with E-state index in [-0.39, 0.29) is 5.88 Å². The Kier molecular flexibility index (Phi) is 15.4. The van der Waals surface area contributed by atoms with Gasteiger partial charge >= 0.3 is 5.97 Å². The number of aromatic nitrogens is 2. The Balaban J connectivity index is 1.35. The molecule has 0 aliphatic rings. The number of allylic oxidation sites excluding steroid dienone is 1. The van der Waals surface area contributed by atoms with Gasteiger partial charge in [-0.05, 0) is 80.0 Å². The molecule has 1 aromatic heterocycles. The van der Waals surface area contributed by atoms with Crippen LogP contribution in [-0.4, -0.2) is 22.5 Å². The van der Waals surface area contributed by atoms with Crippen LogP contribution in [0.3, 0.4) is 0 Å². The highest BCUT2D eigenvalue weighted by molar-refractivity contribution is 5.90. The van der Waals surface area contributed by atoms with Gasteiger partial charge in [0, 0.05) is 5.56 Å². The first-order valence-electron chi connectivity index (χ1n) is 16.1. The fraction of sp³-hybridized carbons (Fsp3) is 0.486. The van der Waals surface area contributed by atoms with Gasteiger partial charge in [-0.3, -0.25) is 0 Å². The SMILES string of the molecule is C=CCCCCCCCCCc1ccc(C(=O)Oc2cnc(-c3ccc(OCCCCC[C@@H](C)CC)cc3)cn2)cc1. The molecule has 1 atom stereocenters. The van der Waals surface area contributed by atoms with Crippen LogP contribution in [0.2, 0.25) is 0 Å². The first kappa shape index (κ1) is 33.0. The van der Waals surface area contributed by atoms with Crippen molar-refractivity contribution in [3.63, 3.8) is 0 Å². The van der Waals surface area contributed by atoms with Crippen LogP contribution in [0, 0.1) is 5.92 Å². The van der Waals surface area contributed by atoms with E-state index in [4.69, 9.17) is 9.47 Å². The van der Waals surface area contributed by atoms with E-state index in [0.717, 1.165) is 43.1 Å². The van der Waals surface area contributed by atoms with E-state index in [2.05, 4.69) is 30.4 Å². The van der Waals surface area contributed by atoms with E-state index in [1.165, 1.54) is 82.4 Å². The second-order valence-electron chi connectivity index (χ2n) is 11.4. The van der Waals surface area contributed by atoms with E-state index >= 15 is 0 Å². The normalized spacial score (nSPS) is 11.7. The molecule has 0 amide bonds. The molecule has 2 aromatic carbocycles. The molecule has 0 radical (unpaired) electrons. The number of carbonyl (C=O) groups is 1. The zero-order chi connectivity index (χ0) is 29.8. The van der Waals surface area contributed by atoms with E-state index < -0.39 is 5.97 Å². The van der Waals surface area contributed by atoms with Crippen molar-refractivity contribution in [1.29, 1.82) is 0 Å². The van der Waals surface area contributed by atoms with E-state index in [1.807, 2.05) is 54.6 Å². The highest BCUT2D eigenvalue weighted by Gasteiger charge is 2.11. The van der Waals surface area contributed by atoms with Crippen LogP contribution in [0.15, 0.2) is 73.6 Å². The summed E-state index contributed by atoms with van der Waals surface area (Å²) in [5, 5.41) is 0. The minimum Gasteiger partial charge on any atom is -0.494 e. The third kappa shape index (κ3) is 12.6. The Morgan fingerprint density at radius 2 is 1.52 bits per heavy atom. The molecule has 5 heteroatoms. The van der Waals surface area contributed by atoms with E-state index in [0.29, 0.717) is 11.3 Å². The summed E-state index contributed by atoms with van der Waals surface area (Å²) in [6.45, 7) is 9.08. The molecule has 0 N–H and O–H groups in total. The topological polar surface area (TPSA) is 61.3 Å². The minimum absolute atomic E-state index is 0.186. The zero-order valence-corrected chi connectivity index (χ0v) is 25.9. The lowest BCUT2D eigenvalue weighted by atomic mass is 10.0. The van der Waals surface area contributed by atoms with Crippen molar-refractivity contribution in [3.05, 3.63) is 84.7 Å². The van der Waals surface area contributed by atoms with Crippen LogP contribution >= 0.6 is 0 Å². The molecule has 3 rings (SSSR count). The van der Waals surface area contributed by atoms with Crippen molar-refractivity contribution < 1.29 is 14.3 Å². The molecule has 1 heterocycles. The van der Waals surface area contributed by atoms with Crippen LogP contribution in [0.5, 0.6) is 11.6 Å². The lowest BCUT2D eigenvalue weighted by molar-refractivity contribution is 0.0727. The summed E-state index contributed by atoms with van der Waals surface area (Å²) in [4.78, 5) is 21.4. The molecule has 0 unspecified atom stereocenters. The molecule has 0 saturated heterocycles. The van der Waals surface area contributed by atoms with Crippen LogP contribution in [0.4, 0.5) is 0 Å². The molecular weight excluding hydrogens is 520 g/mol. The number of hydrogen-bond donors (Lipinski definition) is 0. The van der Waals surface area contributed by atoms with Gasteiger partial charge in [0.15, 0.2) is 0 Å². The van der Waals surface area contributed by atoms with Gasteiger partial charge in [0.1, 0.15) is 5.75 Å². The first-order valence-corrected chi connectivity index (χ1v) is 16.1. The summed E-state index contributed by atoms with van der Waals surface area (Å²) in [5.41, 5.74) is 3.40. The number of benzene rings is 2. The van der Waals surface area contributed by atoms with Gasteiger partial charge in [0.25, 0.3) is 0 Å². The van der Waals surface area contributed by atoms with Gasteiger partial charge in [-0.1, -0.05) is 89.8 Å². The fourth-order valence-electron chi connectivity index (χ4n) is 4.87. The van der Waals surface area contributed by atoms with Gasteiger partial charge in [0.05, 0.1) is 30.3 Å². The molecule has 0 bridgehead atoms. The minimum atomic E-state index is -0.429.